The average Bonchev–Trinajstić information content (AvgIpc) is 3.32. The molecular formula is C25H29N5O5. The van der Waals surface area contributed by atoms with Gasteiger partial charge in [-0.15, -0.1) is 10.2 Å². The Morgan fingerprint density at radius 3 is 2.26 bits per heavy atom. The molecule has 0 N–H and O–H groups in total. The summed E-state index contributed by atoms with van der Waals surface area (Å²) in [6.07, 6.45) is 0. The summed E-state index contributed by atoms with van der Waals surface area (Å²) < 4.78 is 23.9. The Labute approximate surface area is 202 Å². The van der Waals surface area contributed by atoms with E-state index in [-0.39, 0.29) is 12.4 Å². The fourth-order valence-corrected chi connectivity index (χ4v) is 4.40. The van der Waals surface area contributed by atoms with E-state index in [1.54, 1.807) is 37.0 Å². The normalized spacial score (nSPS) is 13.0. The van der Waals surface area contributed by atoms with Crippen molar-refractivity contribution in [1.29, 1.82) is 0 Å². The molecule has 0 atom stereocenters. The summed E-state index contributed by atoms with van der Waals surface area (Å²) in [5.41, 5.74) is 1.83. The summed E-state index contributed by atoms with van der Waals surface area (Å²) in [4.78, 5) is 18.3. The summed E-state index contributed by atoms with van der Waals surface area (Å²) in [6.45, 7) is 3.14. The lowest BCUT2D eigenvalue weighted by Gasteiger charge is -2.21. The van der Waals surface area contributed by atoms with E-state index in [9.17, 15) is 4.79 Å². The minimum Gasteiger partial charge on any atom is -0.493 e. The minimum atomic E-state index is -0.124. The lowest BCUT2D eigenvalue weighted by molar-refractivity contribution is 0.174. The molecular weight excluding hydrogens is 450 g/mol. The van der Waals surface area contributed by atoms with E-state index in [2.05, 4.69) is 27.0 Å². The highest BCUT2D eigenvalue weighted by atomic mass is 16.7. The number of benzene rings is 2. The first kappa shape index (κ1) is 23.1. The molecule has 1 aliphatic rings. The Morgan fingerprint density at radius 2 is 1.57 bits per heavy atom. The summed E-state index contributed by atoms with van der Waals surface area (Å²) in [5.74, 6) is 2.26. The number of nitrogens with zero attached hydrogens (tertiary/aromatic N) is 5. The fourth-order valence-electron chi connectivity index (χ4n) is 4.40. The molecule has 184 valence electrons. The highest BCUT2D eigenvalue weighted by Gasteiger charge is 2.22. The number of methoxy groups -OCH3 is 2. The van der Waals surface area contributed by atoms with Gasteiger partial charge in [-0.3, -0.25) is 4.79 Å². The largest absolute Gasteiger partial charge is 0.493 e. The van der Waals surface area contributed by atoms with Crippen LogP contribution in [0.25, 0.3) is 32.7 Å². The van der Waals surface area contributed by atoms with Crippen molar-refractivity contribution < 1.29 is 18.9 Å². The van der Waals surface area contributed by atoms with Crippen LogP contribution in [0.15, 0.2) is 29.1 Å². The van der Waals surface area contributed by atoms with Crippen LogP contribution in [-0.2, 0) is 6.54 Å². The van der Waals surface area contributed by atoms with Crippen LogP contribution >= 0.6 is 0 Å². The molecule has 0 radical (unpaired) electrons. The lowest BCUT2D eigenvalue weighted by atomic mass is 10.1. The van der Waals surface area contributed by atoms with Crippen molar-refractivity contribution in [2.24, 2.45) is 0 Å². The second-order valence-corrected chi connectivity index (χ2v) is 8.94. The standard InChI is InChI=1S/C25H29N5O5/c1-28(2)6-7-29(3)8-9-30-24-17-12-21-22(35-14-34-21)13-18(17)26-27-23(24)15-10-19(32-4)20(33-5)11-16(15)25(30)31/h10-13H,6-9,14H2,1-5H3. The van der Waals surface area contributed by atoms with Gasteiger partial charge >= 0.3 is 0 Å². The van der Waals surface area contributed by atoms with Crippen LogP contribution < -0.4 is 24.5 Å². The Balaban J connectivity index is 1.76. The molecule has 3 heterocycles. The van der Waals surface area contributed by atoms with E-state index in [4.69, 9.17) is 18.9 Å². The summed E-state index contributed by atoms with van der Waals surface area (Å²) in [7, 11) is 9.27. The van der Waals surface area contributed by atoms with Crippen molar-refractivity contribution in [3.05, 3.63) is 34.6 Å². The van der Waals surface area contributed by atoms with E-state index < -0.39 is 0 Å². The van der Waals surface area contributed by atoms with Gasteiger partial charge in [0.15, 0.2) is 23.0 Å². The van der Waals surface area contributed by atoms with E-state index in [1.165, 1.54) is 0 Å². The molecule has 0 bridgehead atoms. The van der Waals surface area contributed by atoms with Crippen molar-refractivity contribution in [3.63, 3.8) is 0 Å². The number of hydrogen-bond acceptors (Lipinski definition) is 9. The maximum Gasteiger partial charge on any atom is 0.259 e. The first-order valence-corrected chi connectivity index (χ1v) is 11.4. The van der Waals surface area contributed by atoms with Gasteiger partial charge in [-0.05, 0) is 39.3 Å². The van der Waals surface area contributed by atoms with Crippen molar-refractivity contribution in [1.82, 2.24) is 24.6 Å². The van der Waals surface area contributed by atoms with Gasteiger partial charge in [-0.1, -0.05) is 0 Å². The van der Waals surface area contributed by atoms with Gasteiger partial charge < -0.3 is 33.3 Å². The molecule has 0 amide bonds. The molecule has 10 nitrogen and oxygen atoms in total. The predicted molar refractivity (Wildman–Crippen MR) is 134 cm³/mol. The maximum absolute atomic E-state index is 13.9. The fraction of sp³-hybridized carbons (Fsp3) is 0.400. The molecule has 0 fully saturated rings. The predicted octanol–water partition coefficient (Wildman–Crippen LogP) is 2.34. The molecule has 2 aromatic heterocycles. The number of pyridine rings is 1. The third kappa shape index (κ3) is 4.08. The lowest BCUT2D eigenvalue weighted by Crippen LogP contribution is -2.33. The number of hydrogen-bond donors (Lipinski definition) is 0. The zero-order valence-corrected chi connectivity index (χ0v) is 20.6. The van der Waals surface area contributed by atoms with E-state index in [1.807, 2.05) is 20.2 Å². The van der Waals surface area contributed by atoms with Crippen LogP contribution in [0.3, 0.4) is 0 Å². The number of fused-ring (bicyclic) bond motifs is 6. The first-order chi connectivity index (χ1) is 16.9. The zero-order valence-electron chi connectivity index (χ0n) is 20.6. The van der Waals surface area contributed by atoms with E-state index >= 15 is 0 Å². The first-order valence-electron chi connectivity index (χ1n) is 11.4. The van der Waals surface area contributed by atoms with Crippen LogP contribution in [0.2, 0.25) is 0 Å². The molecule has 0 unspecified atom stereocenters. The average molecular weight is 480 g/mol. The summed E-state index contributed by atoms with van der Waals surface area (Å²) in [6, 6.07) is 7.19. The maximum atomic E-state index is 13.9. The number of aromatic nitrogens is 3. The topological polar surface area (TPSA) is 91.2 Å². The molecule has 1 aliphatic heterocycles. The number of ether oxygens (including phenoxy) is 4. The minimum absolute atomic E-state index is 0.124. The molecule has 0 saturated carbocycles. The van der Waals surface area contributed by atoms with Gasteiger partial charge in [0.05, 0.1) is 30.6 Å². The molecule has 10 heteroatoms. The highest BCUT2D eigenvalue weighted by molar-refractivity contribution is 6.13. The van der Waals surface area contributed by atoms with Gasteiger partial charge in [0.2, 0.25) is 6.79 Å². The van der Waals surface area contributed by atoms with Gasteiger partial charge in [-0.2, -0.15) is 0 Å². The summed E-state index contributed by atoms with van der Waals surface area (Å²) in [5, 5.41) is 11.0. The highest BCUT2D eigenvalue weighted by Crippen LogP contribution is 2.39. The van der Waals surface area contributed by atoms with Gasteiger partial charge in [0, 0.05) is 43.0 Å². The van der Waals surface area contributed by atoms with Crippen LogP contribution in [0.4, 0.5) is 0 Å². The monoisotopic (exact) mass is 479 g/mol. The molecule has 0 aliphatic carbocycles. The Morgan fingerprint density at radius 1 is 0.886 bits per heavy atom. The molecule has 35 heavy (non-hydrogen) atoms. The third-order valence-electron chi connectivity index (χ3n) is 6.39. The van der Waals surface area contributed by atoms with Crippen LogP contribution in [-0.4, -0.2) is 86.4 Å². The molecule has 5 rings (SSSR count). The quantitative estimate of drug-likeness (QED) is 0.353. The smallest absolute Gasteiger partial charge is 0.259 e. The molecule has 0 spiro atoms. The second-order valence-electron chi connectivity index (χ2n) is 8.94. The van der Waals surface area contributed by atoms with E-state index in [0.29, 0.717) is 63.4 Å². The zero-order chi connectivity index (χ0) is 24.7. The Hall–Kier alpha value is -3.63. The third-order valence-corrected chi connectivity index (χ3v) is 6.39. The van der Waals surface area contributed by atoms with Crippen LogP contribution in [0, 0.1) is 0 Å². The van der Waals surface area contributed by atoms with Gasteiger partial charge in [-0.25, -0.2) is 0 Å². The summed E-state index contributed by atoms with van der Waals surface area (Å²) >= 11 is 0. The van der Waals surface area contributed by atoms with Gasteiger partial charge in [0.1, 0.15) is 5.52 Å². The Bertz CT molecular complexity index is 1480. The van der Waals surface area contributed by atoms with Crippen LogP contribution in [0.5, 0.6) is 23.0 Å². The number of likely N-dealkylation sites (N-methyl/N-ethyl adjacent to an activating group) is 2. The molecule has 4 aromatic rings. The molecule has 2 aromatic carbocycles. The second kappa shape index (κ2) is 9.20. The van der Waals surface area contributed by atoms with Crippen molar-refractivity contribution in [2.75, 3.05) is 61.8 Å². The molecule has 0 saturated heterocycles. The van der Waals surface area contributed by atoms with Crippen molar-refractivity contribution in [2.45, 2.75) is 6.54 Å². The van der Waals surface area contributed by atoms with Gasteiger partial charge in [0.25, 0.3) is 5.56 Å². The van der Waals surface area contributed by atoms with Crippen LogP contribution in [0.1, 0.15) is 0 Å². The number of rotatable bonds is 8. The van der Waals surface area contributed by atoms with Crippen molar-refractivity contribution in [3.8, 4) is 23.0 Å². The SMILES string of the molecule is COc1cc2c(=O)n(CCN(C)CCN(C)C)c3c4cc5c(cc4nnc3c2cc1OC)OCO5. The van der Waals surface area contributed by atoms with E-state index in [0.717, 1.165) is 18.5 Å². The Kier molecular flexibility index (Phi) is 6.08. The van der Waals surface area contributed by atoms with Crippen molar-refractivity contribution >= 4 is 32.7 Å².